The van der Waals surface area contributed by atoms with Crippen LogP contribution in [0.4, 0.5) is 0 Å². The molecule has 1 fully saturated rings. The topological polar surface area (TPSA) is 41.4 Å². The molecular weight excluding hydrogens is 320 g/mol. The van der Waals surface area contributed by atoms with Gasteiger partial charge in [0.1, 0.15) is 0 Å². The molecule has 128 valence electrons. The van der Waals surface area contributed by atoms with Gasteiger partial charge in [0.15, 0.2) is 0 Å². The average Bonchev–Trinajstić information content (AvgIpc) is 3.26. The molecule has 0 aliphatic carbocycles. The minimum Gasteiger partial charge on any atom is -0.336 e. The minimum absolute atomic E-state index is 0.0421. The normalized spacial score (nSPS) is 24.5. The molecule has 1 saturated heterocycles. The summed E-state index contributed by atoms with van der Waals surface area (Å²) in [4.78, 5) is 22.6. The number of aromatic nitrogens is 2. The minimum atomic E-state index is -0.0421. The number of hydrogen-bond donors (Lipinski definition) is 0. The number of carbonyl (C=O) groups is 1. The maximum Gasteiger partial charge on any atom is 0.263 e. The van der Waals surface area contributed by atoms with Crippen molar-refractivity contribution in [2.45, 2.75) is 44.8 Å². The molecule has 0 bridgehead atoms. The lowest BCUT2D eigenvalue weighted by Gasteiger charge is -2.50. The number of fused-ring (bicyclic) bond motifs is 2. The van der Waals surface area contributed by atoms with Gasteiger partial charge in [0, 0.05) is 38.4 Å². The van der Waals surface area contributed by atoms with E-state index in [-0.39, 0.29) is 11.4 Å². The van der Waals surface area contributed by atoms with E-state index >= 15 is 0 Å². The first-order chi connectivity index (χ1) is 11.6. The van der Waals surface area contributed by atoms with Crippen molar-refractivity contribution in [3.8, 4) is 0 Å². The smallest absolute Gasteiger partial charge is 0.263 e. The largest absolute Gasteiger partial charge is 0.336 e. The summed E-state index contributed by atoms with van der Waals surface area (Å²) in [5, 5.41) is 1.97. The summed E-state index contributed by atoms with van der Waals surface area (Å²) >= 11 is 1.53. The third-order valence-electron chi connectivity index (χ3n) is 5.39. The number of hydrogen-bond acceptors (Lipinski definition) is 4. The first-order valence-electron chi connectivity index (χ1n) is 8.68. The van der Waals surface area contributed by atoms with Crippen LogP contribution >= 0.6 is 11.3 Å². The molecule has 6 heteroatoms. The van der Waals surface area contributed by atoms with Gasteiger partial charge in [-0.15, -0.1) is 11.3 Å². The van der Waals surface area contributed by atoms with Gasteiger partial charge in [-0.1, -0.05) is 6.07 Å². The quantitative estimate of drug-likeness (QED) is 0.841. The Labute approximate surface area is 146 Å². The molecule has 2 aliphatic heterocycles. The van der Waals surface area contributed by atoms with Crippen LogP contribution < -0.4 is 0 Å². The van der Waals surface area contributed by atoms with Crippen LogP contribution in [-0.4, -0.2) is 50.9 Å². The highest BCUT2D eigenvalue weighted by Crippen LogP contribution is 2.36. The zero-order chi connectivity index (χ0) is 16.7. The SMILES string of the molecule is CC(C)N1Cc2cncn2C2(CCCN(C(=O)c3cccs3)C2)C1. The predicted octanol–water partition coefficient (Wildman–Crippen LogP) is 2.80. The first kappa shape index (κ1) is 15.8. The summed E-state index contributed by atoms with van der Waals surface area (Å²) in [6, 6.07) is 4.37. The summed E-state index contributed by atoms with van der Waals surface area (Å²) in [7, 11) is 0. The van der Waals surface area contributed by atoms with Crippen LogP contribution in [-0.2, 0) is 12.1 Å². The molecule has 24 heavy (non-hydrogen) atoms. The van der Waals surface area contributed by atoms with Crippen LogP contribution in [0.5, 0.6) is 0 Å². The number of imidazole rings is 1. The summed E-state index contributed by atoms with van der Waals surface area (Å²) in [5.74, 6) is 0.174. The van der Waals surface area contributed by atoms with Crippen LogP contribution in [0.1, 0.15) is 42.1 Å². The number of likely N-dealkylation sites (tertiary alicyclic amines) is 1. The Balaban J connectivity index is 1.65. The number of thiophene rings is 1. The van der Waals surface area contributed by atoms with Crippen molar-refractivity contribution in [1.29, 1.82) is 0 Å². The Hall–Kier alpha value is -1.66. The second-order valence-corrected chi connectivity index (χ2v) is 8.23. The number of amides is 1. The van der Waals surface area contributed by atoms with Crippen molar-refractivity contribution in [2.24, 2.45) is 0 Å². The van der Waals surface area contributed by atoms with Gasteiger partial charge in [-0.25, -0.2) is 4.98 Å². The van der Waals surface area contributed by atoms with E-state index in [9.17, 15) is 4.79 Å². The maximum atomic E-state index is 12.9. The fourth-order valence-corrected chi connectivity index (χ4v) is 4.81. The van der Waals surface area contributed by atoms with Crippen LogP contribution in [0.15, 0.2) is 30.0 Å². The standard InChI is InChI=1S/C18H24N4OS/c1-14(2)21-10-15-9-19-13-22(15)18(12-21)6-4-7-20(11-18)17(23)16-5-3-8-24-16/h3,5,8-9,13-14H,4,6-7,10-12H2,1-2H3. The summed E-state index contributed by atoms with van der Waals surface area (Å²) < 4.78 is 2.35. The van der Waals surface area contributed by atoms with Crippen molar-refractivity contribution in [3.05, 3.63) is 40.6 Å². The highest BCUT2D eigenvalue weighted by molar-refractivity contribution is 7.12. The van der Waals surface area contributed by atoms with Gasteiger partial charge < -0.3 is 9.47 Å². The van der Waals surface area contributed by atoms with E-state index in [1.54, 1.807) is 0 Å². The highest BCUT2D eigenvalue weighted by Gasteiger charge is 2.44. The molecule has 1 spiro atoms. The fraction of sp³-hybridized carbons (Fsp3) is 0.556. The lowest BCUT2D eigenvalue weighted by atomic mass is 9.85. The lowest BCUT2D eigenvalue weighted by molar-refractivity contribution is 0.0180. The Morgan fingerprint density at radius 3 is 3.00 bits per heavy atom. The van der Waals surface area contributed by atoms with Gasteiger partial charge in [0.2, 0.25) is 0 Å². The Kier molecular flexibility index (Phi) is 3.96. The fourth-order valence-electron chi connectivity index (χ4n) is 4.12. The number of rotatable bonds is 2. The third kappa shape index (κ3) is 2.58. The Bertz CT molecular complexity index is 723. The number of carbonyl (C=O) groups excluding carboxylic acids is 1. The molecule has 0 aromatic carbocycles. The van der Waals surface area contributed by atoms with Gasteiger partial charge in [-0.05, 0) is 38.1 Å². The molecule has 4 heterocycles. The van der Waals surface area contributed by atoms with Crippen LogP contribution in [0, 0.1) is 0 Å². The molecule has 2 aromatic rings. The zero-order valence-electron chi connectivity index (χ0n) is 14.3. The molecule has 0 N–H and O–H groups in total. The Morgan fingerprint density at radius 2 is 2.25 bits per heavy atom. The zero-order valence-corrected chi connectivity index (χ0v) is 15.1. The third-order valence-corrected chi connectivity index (χ3v) is 6.25. The molecule has 0 saturated carbocycles. The van der Waals surface area contributed by atoms with E-state index in [0.717, 1.165) is 43.9 Å². The monoisotopic (exact) mass is 344 g/mol. The van der Waals surface area contributed by atoms with E-state index in [4.69, 9.17) is 0 Å². The molecule has 4 rings (SSSR count). The van der Waals surface area contributed by atoms with Crippen molar-refractivity contribution in [3.63, 3.8) is 0 Å². The van der Waals surface area contributed by atoms with Crippen LogP contribution in [0.25, 0.3) is 0 Å². The van der Waals surface area contributed by atoms with Gasteiger partial charge in [-0.2, -0.15) is 0 Å². The van der Waals surface area contributed by atoms with Gasteiger partial charge in [0.05, 0.1) is 22.4 Å². The summed E-state index contributed by atoms with van der Waals surface area (Å²) in [6.45, 7) is 8.05. The van der Waals surface area contributed by atoms with Crippen LogP contribution in [0.3, 0.4) is 0 Å². The number of piperidine rings is 1. The Morgan fingerprint density at radius 1 is 1.38 bits per heavy atom. The van der Waals surface area contributed by atoms with E-state index in [1.165, 1.54) is 17.0 Å². The predicted molar refractivity (Wildman–Crippen MR) is 95.2 cm³/mol. The number of nitrogens with zero attached hydrogens (tertiary/aromatic N) is 4. The molecule has 2 aliphatic rings. The maximum absolute atomic E-state index is 12.9. The van der Waals surface area contributed by atoms with Crippen molar-refractivity contribution in [1.82, 2.24) is 19.4 Å². The second-order valence-electron chi connectivity index (χ2n) is 7.29. The van der Waals surface area contributed by atoms with Gasteiger partial charge in [0.25, 0.3) is 5.91 Å². The highest BCUT2D eigenvalue weighted by atomic mass is 32.1. The van der Waals surface area contributed by atoms with E-state index in [0.29, 0.717) is 6.04 Å². The summed E-state index contributed by atoms with van der Waals surface area (Å²) in [5.41, 5.74) is 1.22. The van der Waals surface area contributed by atoms with Gasteiger partial charge >= 0.3 is 0 Å². The van der Waals surface area contributed by atoms with Crippen molar-refractivity contribution >= 4 is 17.2 Å². The molecular formula is C18H24N4OS. The van der Waals surface area contributed by atoms with Gasteiger partial charge in [-0.3, -0.25) is 9.69 Å². The molecule has 1 amide bonds. The van der Waals surface area contributed by atoms with Crippen molar-refractivity contribution in [2.75, 3.05) is 19.6 Å². The van der Waals surface area contributed by atoms with Crippen LogP contribution in [0.2, 0.25) is 0 Å². The van der Waals surface area contributed by atoms with E-state index < -0.39 is 0 Å². The summed E-state index contributed by atoms with van der Waals surface area (Å²) in [6.07, 6.45) is 6.09. The average molecular weight is 344 g/mol. The molecule has 0 radical (unpaired) electrons. The van der Waals surface area contributed by atoms with E-state index in [2.05, 4.69) is 28.3 Å². The molecule has 2 aromatic heterocycles. The molecule has 1 atom stereocenters. The molecule has 1 unspecified atom stereocenters. The first-order valence-corrected chi connectivity index (χ1v) is 9.56. The van der Waals surface area contributed by atoms with E-state index in [1.807, 2.05) is 34.9 Å². The lowest BCUT2D eigenvalue weighted by Crippen LogP contribution is -2.60. The van der Waals surface area contributed by atoms with Crippen molar-refractivity contribution < 1.29 is 4.79 Å². The molecule has 5 nitrogen and oxygen atoms in total. The second kappa shape index (κ2) is 6.01.